The third-order valence-electron chi connectivity index (χ3n) is 3.66. The molecular weight excluding hydrogens is 282 g/mol. The highest BCUT2D eigenvalue weighted by atomic mass is 35.5. The van der Waals surface area contributed by atoms with Crippen LogP contribution in [0, 0.1) is 6.92 Å². The van der Waals surface area contributed by atoms with Crippen LogP contribution in [0.5, 0.6) is 0 Å². The molecule has 0 fully saturated rings. The largest absolute Gasteiger partial charge is 0.379 e. The first kappa shape index (κ1) is 14.0. The second kappa shape index (κ2) is 5.78. The van der Waals surface area contributed by atoms with Gasteiger partial charge in [0, 0.05) is 12.2 Å². The van der Waals surface area contributed by atoms with E-state index in [1.807, 2.05) is 11.6 Å². The van der Waals surface area contributed by atoms with Crippen molar-refractivity contribution in [2.75, 3.05) is 5.32 Å². The maximum atomic E-state index is 6.33. The number of aromatic nitrogens is 2. The Morgan fingerprint density at radius 1 is 1.14 bits per heavy atom. The molecule has 0 saturated heterocycles. The molecule has 1 N–H and O–H groups in total. The Labute approximate surface area is 129 Å². The molecule has 3 aromatic rings. The second-order valence-electron chi connectivity index (χ2n) is 5.08. The summed E-state index contributed by atoms with van der Waals surface area (Å²) >= 11 is 6.33. The number of nitrogens with zero attached hydrogens (tertiary/aromatic N) is 2. The zero-order valence-electron chi connectivity index (χ0n) is 12.2. The van der Waals surface area contributed by atoms with E-state index >= 15 is 0 Å². The van der Waals surface area contributed by atoms with Crippen LogP contribution in [-0.4, -0.2) is 9.78 Å². The van der Waals surface area contributed by atoms with Gasteiger partial charge in [-0.1, -0.05) is 41.9 Å². The standard InChI is InChI=1S/C17H18ClN3/c1-3-21-16(17(18)12(2)20-21)11-19-15-9-8-13-6-4-5-7-14(13)10-15/h4-10,19H,3,11H2,1-2H3. The number of anilines is 1. The molecule has 0 spiro atoms. The fourth-order valence-electron chi connectivity index (χ4n) is 2.52. The lowest BCUT2D eigenvalue weighted by atomic mass is 10.1. The van der Waals surface area contributed by atoms with Crippen LogP contribution < -0.4 is 5.32 Å². The molecule has 0 saturated carbocycles. The van der Waals surface area contributed by atoms with Gasteiger partial charge in [0.2, 0.25) is 0 Å². The summed E-state index contributed by atoms with van der Waals surface area (Å²) in [5.41, 5.74) is 3.00. The predicted molar refractivity (Wildman–Crippen MR) is 88.9 cm³/mol. The van der Waals surface area contributed by atoms with Gasteiger partial charge in [-0.3, -0.25) is 4.68 Å². The van der Waals surface area contributed by atoms with E-state index < -0.39 is 0 Å². The van der Waals surface area contributed by atoms with E-state index in [-0.39, 0.29) is 0 Å². The van der Waals surface area contributed by atoms with Crippen molar-refractivity contribution in [1.82, 2.24) is 9.78 Å². The zero-order chi connectivity index (χ0) is 14.8. The van der Waals surface area contributed by atoms with Crippen LogP contribution in [0.15, 0.2) is 42.5 Å². The van der Waals surface area contributed by atoms with Gasteiger partial charge in [-0.15, -0.1) is 0 Å². The number of hydrogen-bond acceptors (Lipinski definition) is 2. The molecule has 108 valence electrons. The predicted octanol–water partition coefficient (Wildman–Crippen LogP) is 4.63. The molecule has 3 rings (SSSR count). The van der Waals surface area contributed by atoms with Crippen molar-refractivity contribution in [2.45, 2.75) is 26.9 Å². The SMILES string of the molecule is CCn1nc(C)c(Cl)c1CNc1ccc2ccccc2c1. The molecule has 0 bridgehead atoms. The summed E-state index contributed by atoms with van der Waals surface area (Å²) in [5, 5.41) is 11.1. The normalized spacial score (nSPS) is 11.0. The summed E-state index contributed by atoms with van der Waals surface area (Å²) in [4.78, 5) is 0. The molecule has 1 heterocycles. The minimum absolute atomic E-state index is 0.672. The third-order valence-corrected chi connectivity index (χ3v) is 4.15. The molecule has 0 aliphatic heterocycles. The Morgan fingerprint density at radius 2 is 1.90 bits per heavy atom. The lowest BCUT2D eigenvalue weighted by Crippen LogP contribution is -2.08. The van der Waals surface area contributed by atoms with E-state index in [0.717, 1.165) is 28.6 Å². The molecule has 0 aliphatic rings. The first-order valence-corrected chi connectivity index (χ1v) is 7.51. The van der Waals surface area contributed by atoms with Gasteiger partial charge in [0.25, 0.3) is 0 Å². The van der Waals surface area contributed by atoms with Gasteiger partial charge >= 0.3 is 0 Å². The van der Waals surface area contributed by atoms with Gasteiger partial charge < -0.3 is 5.32 Å². The van der Waals surface area contributed by atoms with E-state index in [1.165, 1.54) is 10.8 Å². The van der Waals surface area contributed by atoms with Crippen LogP contribution >= 0.6 is 11.6 Å². The zero-order valence-corrected chi connectivity index (χ0v) is 13.0. The number of fused-ring (bicyclic) bond motifs is 1. The van der Waals surface area contributed by atoms with Crippen molar-refractivity contribution < 1.29 is 0 Å². The topological polar surface area (TPSA) is 29.9 Å². The first-order valence-electron chi connectivity index (χ1n) is 7.13. The average Bonchev–Trinajstić information content (AvgIpc) is 2.79. The average molecular weight is 300 g/mol. The second-order valence-corrected chi connectivity index (χ2v) is 5.46. The Balaban J connectivity index is 1.83. The molecule has 4 heteroatoms. The van der Waals surface area contributed by atoms with Gasteiger partial charge in [0.15, 0.2) is 0 Å². The molecular formula is C17H18ClN3. The Morgan fingerprint density at radius 3 is 2.67 bits per heavy atom. The van der Waals surface area contributed by atoms with Gasteiger partial charge in [0.1, 0.15) is 0 Å². The van der Waals surface area contributed by atoms with Crippen LogP contribution in [0.1, 0.15) is 18.3 Å². The highest BCUT2D eigenvalue weighted by Gasteiger charge is 2.11. The van der Waals surface area contributed by atoms with Gasteiger partial charge in [0.05, 0.1) is 23.0 Å². The summed E-state index contributed by atoms with van der Waals surface area (Å²) in [7, 11) is 0. The van der Waals surface area contributed by atoms with Crippen molar-refractivity contribution in [2.24, 2.45) is 0 Å². The van der Waals surface area contributed by atoms with Gasteiger partial charge in [-0.2, -0.15) is 5.10 Å². The molecule has 0 amide bonds. The summed E-state index contributed by atoms with van der Waals surface area (Å²) < 4.78 is 1.95. The summed E-state index contributed by atoms with van der Waals surface area (Å²) in [6, 6.07) is 14.7. The number of hydrogen-bond donors (Lipinski definition) is 1. The number of nitrogens with one attached hydrogen (secondary N) is 1. The molecule has 0 radical (unpaired) electrons. The van der Waals surface area contributed by atoms with E-state index in [0.29, 0.717) is 6.54 Å². The van der Waals surface area contributed by atoms with E-state index in [9.17, 15) is 0 Å². The number of halogens is 1. The maximum absolute atomic E-state index is 6.33. The summed E-state index contributed by atoms with van der Waals surface area (Å²) in [5.74, 6) is 0. The van der Waals surface area contributed by atoms with E-state index in [4.69, 9.17) is 11.6 Å². The Bertz CT molecular complexity index is 777. The Kier molecular flexibility index (Phi) is 3.84. The van der Waals surface area contributed by atoms with Crippen molar-refractivity contribution >= 4 is 28.1 Å². The molecule has 1 aromatic heterocycles. The van der Waals surface area contributed by atoms with Crippen LogP contribution in [0.25, 0.3) is 10.8 Å². The molecule has 2 aromatic carbocycles. The number of rotatable bonds is 4. The minimum Gasteiger partial charge on any atom is -0.379 e. The van der Waals surface area contributed by atoms with Crippen LogP contribution in [0.3, 0.4) is 0 Å². The maximum Gasteiger partial charge on any atom is 0.0865 e. The lowest BCUT2D eigenvalue weighted by Gasteiger charge is -2.09. The van der Waals surface area contributed by atoms with Gasteiger partial charge in [-0.05, 0) is 36.8 Å². The quantitative estimate of drug-likeness (QED) is 0.761. The highest BCUT2D eigenvalue weighted by Crippen LogP contribution is 2.23. The first-order chi connectivity index (χ1) is 10.2. The van der Waals surface area contributed by atoms with E-state index in [1.54, 1.807) is 0 Å². The minimum atomic E-state index is 0.672. The van der Waals surface area contributed by atoms with Crippen molar-refractivity contribution in [1.29, 1.82) is 0 Å². The molecule has 3 nitrogen and oxygen atoms in total. The van der Waals surface area contributed by atoms with Crippen LogP contribution in [0.2, 0.25) is 5.02 Å². The molecule has 21 heavy (non-hydrogen) atoms. The number of aryl methyl sites for hydroxylation is 2. The Hall–Kier alpha value is -2.00. The van der Waals surface area contributed by atoms with E-state index in [2.05, 4.69) is 59.8 Å². The molecule has 0 unspecified atom stereocenters. The fourth-order valence-corrected chi connectivity index (χ4v) is 2.73. The highest BCUT2D eigenvalue weighted by molar-refractivity contribution is 6.31. The smallest absolute Gasteiger partial charge is 0.0865 e. The van der Waals surface area contributed by atoms with Crippen molar-refractivity contribution in [3.05, 3.63) is 58.9 Å². The summed E-state index contributed by atoms with van der Waals surface area (Å²) in [6.45, 7) is 5.50. The third kappa shape index (κ3) is 2.74. The monoisotopic (exact) mass is 299 g/mol. The molecule has 0 aliphatic carbocycles. The summed E-state index contributed by atoms with van der Waals surface area (Å²) in [6.07, 6.45) is 0. The number of benzene rings is 2. The molecule has 0 atom stereocenters. The lowest BCUT2D eigenvalue weighted by molar-refractivity contribution is 0.623. The van der Waals surface area contributed by atoms with Crippen molar-refractivity contribution in [3.8, 4) is 0 Å². The van der Waals surface area contributed by atoms with Gasteiger partial charge in [-0.25, -0.2) is 0 Å². The van der Waals surface area contributed by atoms with Crippen LogP contribution in [0.4, 0.5) is 5.69 Å². The van der Waals surface area contributed by atoms with Crippen molar-refractivity contribution in [3.63, 3.8) is 0 Å². The van der Waals surface area contributed by atoms with Crippen LogP contribution in [-0.2, 0) is 13.1 Å². The fraction of sp³-hybridized carbons (Fsp3) is 0.235.